The number of anilines is 1. The molecule has 0 spiro atoms. The summed E-state index contributed by atoms with van der Waals surface area (Å²) in [6, 6.07) is 11.1. The summed E-state index contributed by atoms with van der Waals surface area (Å²) >= 11 is 6.10. The molecule has 0 radical (unpaired) electrons. The molecule has 0 aliphatic carbocycles. The lowest BCUT2D eigenvalue weighted by atomic mass is 10.0. The van der Waals surface area contributed by atoms with Crippen molar-refractivity contribution in [3.8, 4) is 5.75 Å². The Balaban J connectivity index is 1.35. The number of hydrogen-bond donors (Lipinski definition) is 2. The summed E-state index contributed by atoms with van der Waals surface area (Å²) in [4.78, 5) is 2.28. The third kappa shape index (κ3) is 4.01. The summed E-state index contributed by atoms with van der Waals surface area (Å²) in [5.74, 6) is 1.17. The molecule has 1 saturated heterocycles. The maximum absolute atomic E-state index is 14.2. The molecule has 2 heterocycles. The second kappa shape index (κ2) is 7.74. The Morgan fingerprint density at radius 3 is 2.81 bits per heavy atom. The predicted octanol–water partition coefficient (Wildman–Crippen LogP) is 4.44. The summed E-state index contributed by atoms with van der Waals surface area (Å²) in [7, 11) is 1.54. The number of methoxy groups -OCH3 is 1. The number of nitrogens with one attached hydrogen (secondary N) is 2. The van der Waals surface area contributed by atoms with Crippen molar-refractivity contribution >= 4 is 28.3 Å². The summed E-state index contributed by atoms with van der Waals surface area (Å²) in [5, 5.41) is 12.6. The highest BCUT2D eigenvalue weighted by molar-refractivity contribution is 6.31. The van der Waals surface area contributed by atoms with E-state index in [1.807, 2.05) is 18.2 Å². The Labute approximate surface area is 162 Å². The summed E-state index contributed by atoms with van der Waals surface area (Å²) in [5.41, 5.74) is 1.67. The second-order valence-corrected chi connectivity index (χ2v) is 7.35. The zero-order valence-corrected chi connectivity index (χ0v) is 15.9. The third-order valence-electron chi connectivity index (χ3n) is 5.11. The number of benzene rings is 2. The van der Waals surface area contributed by atoms with Gasteiger partial charge >= 0.3 is 0 Å². The maximum atomic E-state index is 14.2. The maximum Gasteiger partial charge on any atom is 0.155 e. The summed E-state index contributed by atoms with van der Waals surface area (Å²) in [6.45, 7) is 2.43. The van der Waals surface area contributed by atoms with Crippen molar-refractivity contribution < 1.29 is 9.13 Å². The van der Waals surface area contributed by atoms with Gasteiger partial charge in [-0.05, 0) is 37.1 Å². The van der Waals surface area contributed by atoms with Crippen molar-refractivity contribution in [1.29, 1.82) is 0 Å². The van der Waals surface area contributed by atoms with E-state index in [9.17, 15) is 4.39 Å². The average Bonchev–Trinajstić information content (AvgIpc) is 3.07. The molecule has 0 saturated carbocycles. The normalized spacial score (nSPS) is 16.0. The number of aromatic nitrogens is 2. The Bertz CT molecular complexity index is 937. The fraction of sp³-hybridized carbons (Fsp3) is 0.350. The number of hydrogen-bond acceptors (Lipinski definition) is 4. The molecule has 1 aliphatic rings. The topological polar surface area (TPSA) is 53.2 Å². The molecule has 5 nitrogen and oxygen atoms in total. The molecule has 2 N–H and O–H groups in total. The average molecular weight is 389 g/mol. The molecule has 0 amide bonds. The van der Waals surface area contributed by atoms with Gasteiger partial charge in [0.25, 0.3) is 0 Å². The Morgan fingerprint density at radius 2 is 2.07 bits per heavy atom. The molecule has 0 unspecified atom stereocenters. The minimum atomic E-state index is -0.213. The van der Waals surface area contributed by atoms with Crippen LogP contribution in [0.5, 0.6) is 5.75 Å². The van der Waals surface area contributed by atoms with E-state index < -0.39 is 0 Å². The van der Waals surface area contributed by atoms with E-state index in [0.717, 1.165) is 42.7 Å². The number of H-pyrrole nitrogens is 1. The largest absolute Gasteiger partial charge is 0.497 e. The van der Waals surface area contributed by atoms with Crippen LogP contribution >= 0.6 is 11.6 Å². The van der Waals surface area contributed by atoms with Crippen LogP contribution in [-0.4, -0.2) is 41.3 Å². The van der Waals surface area contributed by atoms with Gasteiger partial charge < -0.3 is 10.1 Å². The van der Waals surface area contributed by atoms with Crippen molar-refractivity contribution in [2.24, 2.45) is 0 Å². The number of fused-ring (bicyclic) bond motifs is 1. The first-order chi connectivity index (χ1) is 13.1. The zero-order valence-electron chi connectivity index (χ0n) is 15.1. The molecular weight excluding hydrogens is 367 g/mol. The van der Waals surface area contributed by atoms with E-state index in [-0.39, 0.29) is 5.82 Å². The quantitative estimate of drug-likeness (QED) is 0.678. The fourth-order valence-electron chi connectivity index (χ4n) is 3.55. The van der Waals surface area contributed by atoms with Crippen molar-refractivity contribution in [3.05, 3.63) is 52.8 Å². The van der Waals surface area contributed by atoms with Crippen LogP contribution in [0.4, 0.5) is 10.2 Å². The minimum Gasteiger partial charge on any atom is -0.497 e. The van der Waals surface area contributed by atoms with Crippen LogP contribution in [0.1, 0.15) is 18.4 Å². The molecule has 3 aromatic rings. The van der Waals surface area contributed by atoms with Crippen LogP contribution < -0.4 is 10.1 Å². The molecule has 142 valence electrons. The molecule has 2 aromatic carbocycles. The lowest BCUT2D eigenvalue weighted by Crippen LogP contribution is -2.38. The Hall–Kier alpha value is -2.31. The van der Waals surface area contributed by atoms with Gasteiger partial charge in [-0.2, -0.15) is 5.10 Å². The van der Waals surface area contributed by atoms with Crippen LogP contribution in [0.25, 0.3) is 10.9 Å². The van der Waals surface area contributed by atoms with Crippen LogP contribution in [0.2, 0.25) is 5.02 Å². The highest BCUT2D eigenvalue weighted by Crippen LogP contribution is 2.26. The van der Waals surface area contributed by atoms with E-state index in [0.29, 0.717) is 28.9 Å². The van der Waals surface area contributed by atoms with Crippen molar-refractivity contribution in [1.82, 2.24) is 15.1 Å². The van der Waals surface area contributed by atoms with E-state index in [2.05, 4.69) is 20.4 Å². The van der Waals surface area contributed by atoms with Crippen molar-refractivity contribution in [2.75, 3.05) is 25.5 Å². The van der Waals surface area contributed by atoms with Gasteiger partial charge in [-0.15, -0.1) is 0 Å². The van der Waals surface area contributed by atoms with E-state index in [1.165, 1.54) is 6.07 Å². The van der Waals surface area contributed by atoms with Gasteiger partial charge in [0, 0.05) is 47.7 Å². The van der Waals surface area contributed by atoms with Crippen LogP contribution in [-0.2, 0) is 6.54 Å². The molecule has 4 rings (SSSR count). The monoisotopic (exact) mass is 388 g/mol. The van der Waals surface area contributed by atoms with Gasteiger partial charge in [0.1, 0.15) is 11.6 Å². The van der Waals surface area contributed by atoms with Crippen LogP contribution in [0.3, 0.4) is 0 Å². The SMILES string of the molecule is COc1ccc(CN2CCC(Nc3n[nH]c4ccc(Cl)cc34)CC2)c(F)c1. The third-order valence-corrected chi connectivity index (χ3v) is 5.34. The van der Waals surface area contributed by atoms with Crippen molar-refractivity contribution in [3.63, 3.8) is 0 Å². The molecule has 27 heavy (non-hydrogen) atoms. The first kappa shape index (κ1) is 18.1. The number of piperidine rings is 1. The molecule has 1 aromatic heterocycles. The zero-order chi connectivity index (χ0) is 18.8. The lowest BCUT2D eigenvalue weighted by Gasteiger charge is -2.32. The summed E-state index contributed by atoms with van der Waals surface area (Å²) in [6.07, 6.45) is 1.96. The van der Waals surface area contributed by atoms with E-state index in [1.54, 1.807) is 19.2 Å². The highest BCUT2D eigenvalue weighted by atomic mass is 35.5. The van der Waals surface area contributed by atoms with Crippen LogP contribution in [0, 0.1) is 5.82 Å². The molecule has 1 fully saturated rings. The van der Waals surface area contributed by atoms with Gasteiger partial charge in [-0.3, -0.25) is 10.00 Å². The number of likely N-dealkylation sites (tertiary alicyclic amines) is 1. The predicted molar refractivity (Wildman–Crippen MR) is 106 cm³/mol. The Kier molecular flexibility index (Phi) is 5.18. The summed E-state index contributed by atoms with van der Waals surface area (Å²) < 4.78 is 19.2. The first-order valence-corrected chi connectivity index (χ1v) is 9.45. The lowest BCUT2D eigenvalue weighted by molar-refractivity contribution is 0.208. The molecule has 1 aliphatic heterocycles. The standard InChI is InChI=1S/C20H22ClFN4O/c1-27-16-4-2-13(18(22)11-16)12-26-8-6-15(7-9-26)23-20-17-10-14(21)3-5-19(17)24-25-20/h2-5,10-11,15H,6-9,12H2,1H3,(H2,23,24,25). The number of aromatic amines is 1. The van der Waals surface area contributed by atoms with Gasteiger partial charge in [-0.25, -0.2) is 4.39 Å². The number of nitrogens with zero attached hydrogens (tertiary/aromatic N) is 2. The molecule has 7 heteroatoms. The van der Waals surface area contributed by atoms with Crippen molar-refractivity contribution in [2.45, 2.75) is 25.4 Å². The van der Waals surface area contributed by atoms with E-state index in [4.69, 9.17) is 16.3 Å². The number of ether oxygens (including phenoxy) is 1. The van der Waals surface area contributed by atoms with Crippen LogP contribution in [0.15, 0.2) is 36.4 Å². The smallest absolute Gasteiger partial charge is 0.155 e. The molecular formula is C20H22ClFN4O. The first-order valence-electron chi connectivity index (χ1n) is 9.07. The highest BCUT2D eigenvalue weighted by Gasteiger charge is 2.21. The van der Waals surface area contributed by atoms with E-state index >= 15 is 0 Å². The van der Waals surface area contributed by atoms with Gasteiger partial charge in [0.15, 0.2) is 5.82 Å². The molecule has 0 bridgehead atoms. The number of halogens is 2. The Morgan fingerprint density at radius 1 is 1.26 bits per heavy atom. The fourth-order valence-corrected chi connectivity index (χ4v) is 3.72. The van der Waals surface area contributed by atoms with Gasteiger partial charge in [-0.1, -0.05) is 17.7 Å². The van der Waals surface area contributed by atoms with Gasteiger partial charge in [0.2, 0.25) is 0 Å². The number of rotatable bonds is 5. The second-order valence-electron chi connectivity index (χ2n) is 6.91. The van der Waals surface area contributed by atoms with Gasteiger partial charge in [0.05, 0.1) is 12.6 Å². The minimum absolute atomic E-state index is 0.213. The molecule has 0 atom stereocenters.